The van der Waals surface area contributed by atoms with Gasteiger partial charge in [-0.15, -0.1) is 0 Å². The Balaban J connectivity index is 1.86. The van der Waals surface area contributed by atoms with Gasteiger partial charge in [-0.05, 0) is 57.7 Å². The molecule has 8 heteroatoms. The van der Waals surface area contributed by atoms with Crippen LogP contribution in [0.25, 0.3) is 0 Å². The van der Waals surface area contributed by atoms with E-state index in [9.17, 15) is 13.2 Å². The van der Waals surface area contributed by atoms with E-state index in [2.05, 4.69) is 5.32 Å². The predicted molar refractivity (Wildman–Crippen MR) is 108 cm³/mol. The summed E-state index contributed by atoms with van der Waals surface area (Å²) < 4.78 is 29.3. The summed E-state index contributed by atoms with van der Waals surface area (Å²) in [4.78, 5) is 14.1. The van der Waals surface area contributed by atoms with E-state index in [1.807, 2.05) is 20.8 Å². The monoisotopic (exact) mass is 397 g/mol. The fourth-order valence-corrected chi connectivity index (χ4v) is 3.88. The summed E-state index contributed by atoms with van der Waals surface area (Å²) in [5.41, 5.74) is 6.69. The Hall–Kier alpha value is -1.96. The quantitative estimate of drug-likeness (QED) is 0.740. The van der Waals surface area contributed by atoms with Crippen LogP contribution in [-0.4, -0.2) is 50.4 Å². The second-order valence-electron chi connectivity index (χ2n) is 7.94. The number of nitrogen functional groups attached to an aromatic ring is 1. The number of nitrogens with zero attached hydrogens (tertiary/aromatic N) is 1. The van der Waals surface area contributed by atoms with Gasteiger partial charge in [0.1, 0.15) is 5.60 Å². The largest absolute Gasteiger partial charge is 0.444 e. The Kier molecular flexibility index (Phi) is 6.62. The number of rotatable bonds is 5. The standard InChI is InChI=1S/C19H31N3O4S/c1-5-27(24,25)15-6-7-17(16(20)12-15)21-13-14-8-10-22(11-9-14)18(23)26-19(2,3)4/h6-7,12,14,21H,5,8-11,13,20H2,1-4H3. The third-order valence-electron chi connectivity index (χ3n) is 4.61. The fourth-order valence-electron chi connectivity index (χ4n) is 2.96. The lowest BCUT2D eigenvalue weighted by molar-refractivity contribution is 0.0188. The van der Waals surface area contributed by atoms with Crippen LogP contribution in [-0.2, 0) is 14.6 Å². The minimum absolute atomic E-state index is 0.0510. The van der Waals surface area contributed by atoms with E-state index in [0.29, 0.717) is 24.7 Å². The van der Waals surface area contributed by atoms with Crippen molar-refractivity contribution in [2.24, 2.45) is 5.92 Å². The van der Waals surface area contributed by atoms with Crippen LogP contribution in [0.1, 0.15) is 40.5 Å². The molecule has 1 aliphatic rings. The van der Waals surface area contributed by atoms with Crippen LogP contribution in [0.3, 0.4) is 0 Å². The highest BCUT2D eigenvalue weighted by molar-refractivity contribution is 7.91. The third-order valence-corrected chi connectivity index (χ3v) is 6.34. The Bertz CT molecular complexity index is 764. The van der Waals surface area contributed by atoms with E-state index in [1.165, 1.54) is 6.07 Å². The molecule has 0 aliphatic carbocycles. The van der Waals surface area contributed by atoms with Crippen LogP contribution < -0.4 is 11.1 Å². The maximum Gasteiger partial charge on any atom is 0.410 e. The summed E-state index contributed by atoms with van der Waals surface area (Å²) in [5, 5.41) is 3.31. The average molecular weight is 398 g/mol. The topological polar surface area (TPSA) is 102 Å². The maximum atomic E-state index is 12.1. The van der Waals surface area contributed by atoms with Crippen molar-refractivity contribution >= 4 is 27.3 Å². The van der Waals surface area contributed by atoms with Gasteiger partial charge in [-0.3, -0.25) is 0 Å². The van der Waals surface area contributed by atoms with Crippen LogP contribution >= 0.6 is 0 Å². The molecule has 1 amide bonds. The lowest BCUT2D eigenvalue weighted by Crippen LogP contribution is -2.42. The molecule has 1 fully saturated rings. The number of likely N-dealkylation sites (tertiary alicyclic amines) is 1. The van der Waals surface area contributed by atoms with Crippen molar-refractivity contribution in [1.82, 2.24) is 4.90 Å². The number of piperidine rings is 1. The van der Waals surface area contributed by atoms with Crippen molar-refractivity contribution in [3.8, 4) is 0 Å². The van der Waals surface area contributed by atoms with Gasteiger partial charge in [0, 0.05) is 19.6 Å². The van der Waals surface area contributed by atoms with Crippen LogP contribution in [0.4, 0.5) is 16.2 Å². The minimum atomic E-state index is -3.26. The number of carbonyl (C=O) groups excluding carboxylic acids is 1. The number of nitrogens with two attached hydrogens (primary N) is 1. The Labute approximate surface area is 162 Å². The van der Waals surface area contributed by atoms with Gasteiger partial charge in [-0.1, -0.05) is 6.92 Å². The number of hydrogen-bond donors (Lipinski definition) is 2. The van der Waals surface area contributed by atoms with Gasteiger partial charge in [0.15, 0.2) is 9.84 Å². The van der Waals surface area contributed by atoms with Crippen LogP contribution in [0.15, 0.2) is 23.1 Å². The number of benzene rings is 1. The summed E-state index contributed by atoms with van der Waals surface area (Å²) >= 11 is 0. The second-order valence-corrected chi connectivity index (χ2v) is 10.2. The number of ether oxygens (including phenoxy) is 1. The number of sulfone groups is 1. The molecule has 152 valence electrons. The van der Waals surface area contributed by atoms with E-state index in [-0.39, 0.29) is 16.7 Å². The van der Waals surface area contributed by atoms with E-state index in [1.54, 1.807) is 24.0 Å². The molecule has 1 saturated heterocycles. The summed E-state index contributed by atoms with van der Waals surface area (Å²) in [6, 6.07) is 4.81. The van der Waals surface area contributed by atoms with Crippen molar-refractivity contribution in [3.05, 3.63) is 18.2 Å². The smallest absolute Gasteiger partial charge is 0.410 e. The lowest BCUT2D eigenvalue weighted by atomic mass is 9.97. The summed E-state index contributed by atoms with van der Waals surface area (Å²) in [6.07, 6.45) is 1.51. The lowest BCUT2D eigenvalue weighted by Gasteiger charge is -2.33. The molecule has 0 radical (unpaired) electrons. The normalized spacial score (nSPS) is 16.2. The first kappa shape index (κ1) is 21.3. The van der Waals surface area contributed by atoms with E-state index >= 15 is 0 Å². The maximum absolute atomic E-state index is 12.1. The SMILES string of the molecule is CCS(=O)(=O)c1ccc(NCC2CCN(C(=O)OC(C)(C)C)CC2)c(N)c1. The Morgan fingerprint density at radius 1 is 1.30 bits per heavy atom. The third kappa shape index (κ3) is 6.02. The summed E-state index contributed by atoms with van der Waals surface area (Å²) in [5.74, 6) is 0.470. The van der Waals surface area contributed by atoms with Crippen molar-refractivity contribution < 1.29 is 17.9 Å². The number of hydrogen-bond acceptors (Lipinski definition) is 6. The Morgan fingerprint density at radius 3 is 2.44 bits per heavy atom. The van der Waals surface area contributed by atoms with Crippen molar-refractivity contribution in [3.63, 3.8) is 0 Å². The molecule has 1 aromatic carbocycles. The van der Waals surface area contributed by atoms with Crippen LogP contribution in [0, 0.1) is 5.92 Å². The molecule has 0 unspecified atom stereocenters. The molecule has 0 aromatic heterocycles. The van der Waals surface area contributed by atoms with Gasteiger partial charge in [-0.2, -0.15) is 0 Å². The van der Waals surface area contributed by atoms with Gasteiger partial charge in [0.05, 0.1) is 22.0 Å². The molecule has 1 heterocycles. The van der Waals surface area contributed by atoms with Gasteiger partial charge in [-0.25, -0.2) is 13.2 Å². The van der Waals surface area contributed by atoms with Crippen molar-refractivity contribution in [1.29, 1.82) is 0 Å². The van der Waals surface area contributed by atoms with Crippen LogP contribution in [0.2, 0.25) is 0 Å². The van der Waals surface area contributed by atoms with Crippen LogP contribution in [0.5, 0.6) is 0 Å². The molecule has 7 nitrogen and oxygen atoms in total. The first-order valence-electron chi connectivity index (χ1n) is 9.36. The molecule has 27 heavy (non-hydrogen) atoms. The second kappa shape index (κ2) is 8.37. The number of nitrogens with one attached hydrogen (secondary N) is 1. The Morgan fingerprint density at radius 2 is 1.93 bits per heavy atom. The zero-order valence-electron chi connectivity index (χ0n) is 16.6. The van der Waals surface area contributed by atoms with E-state index in [0.717, 1.165) is 25.1 Å². The van der Waals surface area contributed by atoms with Crippen molar-refractivity contribution in [2.75, 3.05) is 36.4 Å². The molecular weight excluding hydrogens is 366 g/mol. The van der Waals surface area contributed by atoms with Gasteiger partial charge >= 0.3 is 6.09 Å². The highest BCUT2D eigenvalue weighted by Gasteiger charge is 2.26. The van der Waals surface area contributed by atoms with Gasteiger partial charge in [0.25, 0.3) is 0 Å². The molecule has 0 spiro atoms. The number of amides is 1. The fraction of sp³-hybridized carbons (Fsp3) is 0.632. The molecule has 1 aromatic rings. The highest BCUT2D eigenvalue weighted by Crippen LogP contribution is 2.25. The first-order valence-corrected chi connectivity index (χ1v) is 11.0. The minimum Gasteiger partial charge on any atom is -0.444 e. The molecule has 3 N–H and O–H groups in total. The average Bonchev–Trinajstić information content (AvgIpc) is 2.59. The summed E-state index contributed by atoms with van der Waals surface area (Å²) in [6.45, 7) is 9.28. The molecule has 1 aliphatic heterocycles. The first-order chi connectivity index (χ1) is 12.5. The summed E-state index contributed by atoms with van der Waals surface area (Å²) in [7, 11) is -3.26. The van der Waals surface area contributed by atoms with Gasteiger partial charge in [0.2, 0.25) is 0 Å². The van der Waals surface area contributed by atoms with E-state index < -0.39 is 15.4 Å². The molecular formula is C19H31N3O4S. The molecule has 0 bridgehead atoms. The zero-order valence-corrected chi connectivity index (χ0v) is 17.4. The van der Waals surface area contributed by atoms with Gasteiger partial charge < -0.3 is 20.7 Å². The highest BCUT2D eigenvalue weighted by atomic mass is 32.2. The zero-order chi connectivity index (χ0) is 20.2. The molecule has 0 saturated carbocycles. The van der Waals surface area contributed by atoms with E-state index in [4.69, 9.17) is 10.5 Å². The molecule has 2 rings (SSSR count). The number of anilines is 2. The van der Waals surface area contributed by atoms with Crippen molar-refractivity contribution in [2.45, 2.75) is 51.0 Å². The predicted octanol–water partition coefficient (Wildman–Crippen LogP) is 3.12. The number of carbonyl (C=O) groups is 1. The molecule has 0 atom stereocenters.